The Morgan fingerprint density at radius 3 is 1.76 bits per heavy atom. The number of nitrogens with two attached hydrogens (primary N) is 2. The third-order valence-corrected chi connectivity index (χ3v) is 3.22. The molecule has 0 amide bonds. The van der Waals surface area contributed by atoms with E-state index in [9.17, 15) is 5.11 Å². The fraction of sp³-hybridized carbons (Fsp3) is 0.571. The van der Waals surface area contributed by atoms with E-state index in [1.54, 1.807) is 0 Å². The van der Waals surface area contributed by atoms with Crippen LogP contribution in [-0.2, 0) is 12.8 Å². The summed E-state index contributed by atoms with van der Waals surface area (Å²) >= 11 is 0. The molecule has 0 aliphatic carbocycles. The molecule has 1 aromatic carbocycles. The van der Waals surface area contributed by atoms with Gasteiger partial charge < -0.3 is 16.6 Å². The zero-order chi connectivity index (χ0) is 12.8. The second-order valence-electron chi connectivity index (χ2n) is 4.67. The molecule has 0 aliphatic heterocycles. The van der Waals surface area contributed by atoms with Gasteiger partial charge in [0.15, 0.2) is 0 Å². The van der Waals surface area contributed by atoms with Gasteiger partial charge >= 0.3 is 0 Å². The fourth-order valence-corrected chi connectivity index (χ4v) is 1.83. The van der Waals surface area contributed by atoms with Crippen molar-refractivity contribution in [3.05, 3.63) is 29.3 Å². The summed E-state index contributed by atoms with van der Waals surface area (Å²) in [6, 6.07) is 6.05. The second kappa shape index (κ2) is 6.62. The molecule has 0 spiro atoms. The SMILES string of the molecule is CCC(N)Cc1cccc(CC(N)CC)c1O. The Labute approximate surface area is 104 Å². The zero-order valence-electron chi connectivity index (χ0n) is 10.8. The molecule has 0 saturated carbocycles. The van der Waals surface area contributed by atoms with Gasteiger partial charge in [0.2, 0.25) is 0 Å². The predicted octanol–water partition coefficient (Wildman–Crippen LogP) is 1.95. The lowest BCUT2D eigenvalue weighted by Crippen LogP contribution is -2.23. The standard InChI is InChI=1S/C14H24N2O/c1-3-12(15)8-10-6-5-7-11(14(10)17)9-13(16)4-2/h5-7,12-13,17H,3-4,8-9,15-16H2,1-2H3. The summed E-state index contributed by atoms with van der Waals surface area (Å²) in [4.78, 5) is 0. The summed E-state index contributed by atoms with van der Waals surface area (Å²) in [6.07, 6.45) is 3.27. The van der Waals surface area contributed by atoms with Gasteiger partial charge in [-0.3, -0.25) is 0 Å². The van der Waals surface area contributed by atoms with Crippen molar-refractivity contribution < 1.29 is 5.11 Å². The molecule has 5 N–H and O–H groups in total. The zero-order valence-corrected chi connectivity index (χ0v) is 10.8. The highest BCUT2D eigenvalue weighted by Crippen LogP contribution is 2.25. The van der Waals surface area contributed by atoms with E-state index >= 15 is 0 Å². The Hall–Kier alpha value is -1.06. The maximum Gasteiger partial charge on any atom is 0.122 e. The summed E-state index contributed by atoms with van der Waals surface area (Å²) in [5.41, 5.74) is 13.7. The fourth-order valence-electron chi connectivity index (χ4n) is 1.83. The average molecular weight is 236 g/mol. The number of rotatable bonds is 6. The van der Waals surface area contributed by atoms with Crippen molar-refractivity contribution in [1.82, 2.24) is 0 Å². The lowest BCUT2D eigenvalue weighted by molar-refractivity contribution is 0.453. The maximum absolute atomic E-state index is 10.2. The first kappa shape index (κ1) is 14.0. The van der Waals surface area contributed by atoms with Crippen molar-refractivity contribution in [3.8, 4) is 5.75 Å². The summed E-state index contributed by atoms with van der Waals surface area (Å²) in [5, 5.41) is 10.2. The van der Waals surface area contributed by atoms with Gasteiger partial charge in [-0.25, -0.2) is 0 Å². The first-order chi connectivity index (χ1) is 8.08. The molecule has 0 radical (unpaired) electrons. The summed E-state index contributed by atoms with van der Waals surface area (Å²) in [7, 11) is 0. The molecule has 2 atom stereocenters. The molecule has 0 aromatic heterocycles. The van der Waals surface area contributed by atoms with Crippen LogP contribution in [0.2, 0.25) is 0 Å². The lowest BCUT2D eigenvalue weighted by Gasteiger charge is -2.15. The van der Waals surface area contributed by atoms with Gasteiger partial charge in [0.1, 0.15) is 5.75 Å². The van der Waals surface area contributed by atoms with E-state index in [2.05, 4.69) is 13.8 Å². The van der Waals surface area contributed by atoms with E-state index in [1.165, 1.54) is 0 Å². The molecule has 0 aliphatic rings. The highest BCUT2D eigenvalue weighted by atomic mass is 16.3. The van der Waals surface area contributed by atoms with Gasteiger partial charge in [0.05, 0.1) is 0 Å². The van der Waals surface area contributed by atoms with E-state index in [0.717, 1.165) is 36.8 Å². The van der Waals surface area contributed by atoms with Gasteiger partial charge in [0, 0.05) is 12.1 Å². The summed E-state index contributed by atoms with van der Waals surface area (Å²) in [6.45, 7) is 4.11. The molecule has 1 aromatic rings. The van der Waals surface area contributed by atoms with Crippen LogP contribution in [0.1, 0.15) is 37.8 Å². The van der Waals surface area contributed by atoms with E-state index in [0.29, 0.717) is 5.75 Å². The van der Waals surface area contributed by atoms with Crippen LogP contribution in [0.3, 0.4) is 0 Å². The monoisotopic (exact) mass is 236 g/mol. The average Bonchev–Trinajstić information content (AvgIpc) is 2.33. The minimum atomic E-state index is 0.107. The molecule has 0 saturated heterocycles. The van der Waals surface area contributed by atoms with E-state index in [-0.39, 0.29) is 12.1 Å². The Morgan fingerprint density at radius 2 is 1.41 bits per heavy atom. The largest absolute Gasteiger partial charge is 0.507 e. The Bertz CT molecular complexity index is 322. The van der Waals surface area contributed by atoms with Crippen molar-refractivity contribution in [2.75, 3.05) is 0 Å². The van der Waals surface area contributed by atoms with Gasteiger partial charge in [-0.1, -0.05) is 32.0 Å². The minimum absolute atomic E-state index is 0.107. The minimum Gasteiger partial charge on any atom is -0.507 e. The van der Waals surface area contributed by atoms with Crippen molar-refractivity contribution in [1.29, 1.82) is 0 Å². The molecule has 0 bridgehead atoms. The highest BCUT2D eigenvalue weighted by Gasteiger charge is 2.11. The van der Waals surface area contributed by atoms with E-state index in [4.69, 9.17) is 11.5 Å². The molecule has 2 unspecified atom stereocenters. The number of aromatic hydroxyl groups is 1. The Morgan fingerprint density at radius 1 is 1.00 bits per heavy atom. The van der Waals surface area contributed by atoms with Crippen molar-refractivity contribution in [2.45, 2.75) is 51.6 Å². The van der Waals surface area contributed by atoms with Crippen LogP contribution in [0.15, 0.2) is 18.2 Å². The second-order valence-corrected chi connectivity index (χ2v) is 4.67. The van der Waals surface area contributed by atoms with E-state index < -0.39 is 0 Å². The van der Waals surface area contributed by atoms with Crippen LogP contribution in [0, 0.1) is 0 Å². The third-order valence-electron chi connectivity index (χ3n) is 3.22. The number of phenols is 1. The maximum atomic E-state index is 10.2. The number of para-hydroxylation sites is 1. The quantitative estimate of drug-likeness (QED) is 0.707. The molecular formula is C14H24N2O. The number of phenolic OH excluding ortho intramolecular Hbond substituents is 1. The van der Waals surface area contributed by atoms with Crippen LogP contribution >= 0.6 is 0 Å². The van der Waals surface area contributed by atoms with Crippen molar-refractivity contribution in [3.63, 3.8) is 0 Å². The third kappa shape index (κ3) is 4.02. The van der Waals surface area contributed by atoms with Crippen molar-refractivity contribution >= 4 is 0 Å². The van der Waals surface area contributed by atoms with Gasteiger partial charge in [-0.15, -0.1) is 0 Å². The predicted molar refractivity (Wildman–Crippen MR) is 72.0 cm³/mol. The Kier molecular flexibility index (Phi) is 5.45. The topological polar surface area (TPSA) is 72.3 Å². The van der Waals surface area contributed by atoms with E-state index in [1.807, 2.05) is 18.2 Å². The molecule has 96 valence electrons. The molecule has 17 heavy (non-hydrogen) atoms. The molecule has 3 nitrogen and oxygen atoms in total. The smallest absolute Gasteiger partial charge is 0.122 e. The molecule has 0 fully saturated rings. The Balaban J connectivity index is 2.83. The molecule has 1 rings (SSSR count). The lowest BCUT2D eigenvalue weighted by atomic mass is 9.97. The van der Waals surface area contributed by atoms with Crippen LogP contribution in [0.4, 0.5) is 0 Å². The first-order valence-corrected chi connectivity index (χ1v) is 6.39. The normalized spacial score (nSPS) is 14.6. The van der Waals surface area contributed by atoms with Crippen LogP contribution < -0.4 is 11.5 Å². The summed E-state index contributed by atoms with van der Waals surface area (Å²) in [5.74, 6) is 0.375. The van der Waals surface area contributed by atoms with Gasteiger partial charge in [0.25, 0.3) is 0 Å². The molecule has 0 heterocycles. The number of hydrogen-bond donors (Lipinski definition) is 3. The first-order valence-electron chi connectivity index (χ1n) is 6.39. The highest BCUT2D eigenvalue weighted by molar-refractivity contribution is 5.41. The molecule has 3 heteroatoms. The molecular weight excluding hydrogens is 212 g/mol. The van der Waals surface area contributed by atoms with Gasteiger partial charge in [-0.05, 0) is 36.8 Å². The van der Waals surface area contributed by atoms with Crippen molar-refractivity contribution in [2.24, 2.45) is 11.5 Å². The number of hydrogen-bond acceptors (Lipinski definition) is 3. The van der Waals surface area contributed by atoms with Gasteiger partial charge in [-0.2, -0.15) is 0 Å². The van der Waals surface area contributed by atoms with Crippen LogP contribution in [-0.4, -0.2) is 17.2 Å². The van der Waals surface area contributed by atoms with Crippen LogP contribution in [0.5, 0.6) is 5.75 Å². The van der Waals surface area contributed by atoms with Crippen LogP contribution in [0.25, 0.3) is 0 Å². The number of benzene rings is 1. The summed E-state index contributed by atoms with van der Waals surface area (Å²) < 4.78 is 0.